The summed E-state index contributed by atoms with van der Waals surface area (Å²) in [5.74, 6) is -0.121. The molecule has 202 valence electrons. The number of likely N-dealkylation sites (tertiary alicyclic amines) is 1. The molecular weight excluding hydrogens is 507 g/mol. The molecule has 0 radical (unpaired) electrons. The smallest absolute Gasteiger partial charge is 0.243 e. The maximum atomic E-state index is 13.6. The number of carbonyl (C=O) groups is 1. The highest BCUT2D eigenvalue weighted by molar-refractivity contribution is 7.89. The van der Waals surface area contributed by atoms with E-state index in [0.717, 1.165) is 5.56 Å². The van der Waals surface area contributed by atoms with Gasteiger partial charge in [-0.3, -0.25) is 14.2 Å². The largest absolute Gasteiger partial charge is 0.383 e. The number of guanidine groups is 1. The number of nitrogens with two attached hydrogens (primary N) is 2. The zero-order valence-corrected chi connectivity index (χ0v) is 22.6. The lowest BCUT2D eigenvalue weighted by Gasteiger charge is -2.35. The van der Waals surface area contributed by atoms with Crippen molar-refractivity contribution in [3.05, 3.63) is 22.7 Å². The molecule has 0 bridgehead atoms. The Morgan fingerprint density at radius 2 is 2.03 bits per heavy atom. The molecule has 36 heavy (non-hydrogen) atoms. The minimum absolute atomic E-state index is 0.0316. The van der Waals surface area contributed by atoms with Crippen molar-refractivity contribution in [3.8, 4) is 0 Å². The standard InChI is InChI=1S/C24H38ClFN6O3S/c1-24(2)14-17-12-18(25)13-20(21(17)30-15-24)36(34,35)31-19(4-3-9-29-23(27)28)22(33)32-10-6-16(5-8-26)7-11-32/h12-13,16,19,30-31H,3-11,14-15H2,1-2H3,(H4,27,28,29)/t19-/m0/s1. The molecule has 2 heterocycles. The molecule has 0 spiro atoms. The number of benzene rings is 1. The fraction of sp³-hybridized carbons (Fsp3) is 0.667. The molecule has 0 unspecified atom stereocenters. The number of alkyl halides is 1. The van der Waals surface area contributed by atoms with Crippen molar-refractivity contribution < 1.29 is 17.6 Å². The summed E-state index contributed by atoms with van der Waals surface area (Å²) in [6.45, 7) is 5.64. The van der Waals surface area contributed by atoms with E-state index >= 15 is 0 Å². The normalized spacial score (nSPS) is 18.7. The quantitative estimate of drug-likeness (QED) is 0.202. The fourth-order valence-corrected chi connectivity index (χ4v) is 6.68. The van der Waals surface area contributed by atoms with E-state index in [1.54, 1.807) is 11.0 Å². The van der Waals surface area contributed by atoms with Crippen molar-refractivity contribution in [1.82, 2.24) is 9.62 Å². The van der Waals surface area contributed by atoms with Gasteiger partial charge >= 0.3 is 0 Å². The Bertz CT molecular complexity index is 1070. The van der Waals surface area contributed by atoms with Gasteiger partial charge in [0.15, 0.2) is 5.96 Å². The summed E-state index contributed by atoms with van der Waals surface area (Å²) in [4.78, 5) is 19.1. The second kappa shape index (κ2) is 12.0. The van der Waals surface area contributed by atoms with Gasteiger partial charge in [-0.25, -0.2) is 8.42 Å². The van der Waals surface area contributed by atoms with Crippen LogP contribution in [0.4, 0.5) is 10.1 Å². The van der Waals surface area contributed by atoms with Crippen molar-refractivity contribution >= 4 is 39.2 Å². The third-order valence-electron chi connectivity index (χ3n) is 6.84. The van der Waals surface area contributed by atoms with Gasteiger partial charge in [0.1, 0.15) is 10.9 Å². The van der Waals surface area contributed by atoms with Gasteiger partial charge in [0.2, 0.25) is 15.9 Å². The summed E-state index contributed by atoms with van der Waals surface area (Å²) < 4.78 is 42.6. The Morgan fingerprint density at radius 3 is 2.67 bits per heavy atom. The summed E-state index contributed by atoms with van der Waals surface area (Å²) in [5, 5.41) is 3.57. The molecule has 6 N–H and O–H groups in total. The summed E-state index contributed by atoms with van der Waals surface area (Å²) in [6.07, 6.45) is 3.19. The number of anilines is 1. The Labute approximate surface area is 218 Å². The van der Waals surface area contributed by atoms with Gasteiger partial charge in [-0.15, -0.1) is 0 Å². The van der Waals surface area contributed by atoms with Crippen molar-refractivity contribution in [2.45, 2.75) is 63.3 Å². The van der Waals surface area contributed by atoms with Crippen molar-refractivity contribution in [2.75, 3.05) is 38.2 Å². The lowest BCUT2D eigenvalue weighted by molar-refractivity contribution is -0.134. The number of carbonyl (C=O) groups excluding carboxylic acids is 1. The zero-order chi connectivity index (χ0) is 26.5. The number of rotatable bonds is 10. The van der Waals surface area contributed by atoms with E-state index in [0.29, 0.717) is 62.4 Å². The number of hydrogen-bond acceptors (Lipinski definition) is 5. The number of amides is 1. The van der Waals surface area contributed by atoms with Gasteiger partial charge < -0.3 is 21.7 Å². The van der Waals surface area contributed by atoms with Gasteiger partial charge in [-0.2, -0.15) is 4.72 Å². The molecule has 9 nitrogen and oxygen atoms in total. The van der Waals surface area contributed by atoms with Crippen LogP contribution in [0.5, 0.6) is 0 Å². The average Bonchev–Trinajstić information content (AvgIpc) is 2.79. The second-order valence-corrected chi connectivity index (χ2v) is 12.6. The molecular formula is C24H38ClFN6O3S. The van der Waals surface area contributed by atoms with Crippen LogP contribution in [-0.4, -0.2) is 64.1 Å². The maximum Gasteiger partial charge on any atom is 0.243 e. The van der Waals surface area contributed by atoms with Crippen LogP contribution in [0.3, 0.4) is 0 Å². The number of hydrogen-bond donors (Lipinski definition) is 4. The SMILES string of the molecule is CC1(C)CNc2c(cc(Cl)cc2S(=O)(=O)N[C@@H](CCCN=C(N)N)C(=O)N2CCC(CCF)CC2)C1. The number of aliphatic imine (C=N–C) groups is 1. The zero-order valence-electron chi connectivity index (χ0n) is 21.0. The molecule has 1 saturated heterocycles. The van der Waals surface area contributed by atoms with Crippen molar-refractivity contribution in [2.24, 2.45) is 27.8 Å². The number of piperidine rings is 1. The van der Waals surface area contributed by atoms with E-state index in [9.17, 15) is 17.6 Å². The number of halogens is 2. The van der Waals surface area contributed by atoms with Gasteiger partial charge in [0.05, 0.1) is 12.4 Å². The third-order valence-corrected chi connectivity index (χ3v) is 8.55. The minimum atomic E-state index is -4.10. The highest BCUT2D eigenvalue weighted by Gasteiger charge is 2.35. The van der Waals surface area contributed by atoms with E-state index in [1.807, 2.05) is 0 Å². The van der Waals surface area contributed by atoms with Crippen LogP contribution in [0.2, 0.25) is 5.02 Å². The summed E-state index contributed by atoms with van der Waals surface area (Å²) >= 11 is 6.31. The van der Waals surface area contributed by atoms with Crippen molar-refractivity contribution in [1.29, 1.82) is 0 Å². The van der Waals surface area contributed by atoms with Crippen LogP contribution in [0.15, 0.2) is 22.0 Å². The Balaban J connectivity index is 1.83. The van der Waals surface area contributed by atoms with E-state index in [1.165, 1.54) is 6.07 Å². The van der Waals surface area contributed by atoms with Gasteiger partial charge in [-0.05, 0) is 67.6 Å². The van der Waals surface area contributed by atoms with Gasteiger partial charge in [0.25, 0.3) is 0 Å². The molecule has 0 saturated carbocycles. The first kappa shape index (κ1) is 28.5. The monoisotopic (exact) mass is 544 g/mol. The van der Waals surface area contributed by atoms with E-state index in [-0.39, 0.29) is 47.7 Å². The van der Waals surface area contributed by atoms with Crippen molar-refractivity contribution in [3.63, 3.8) is 0 Å². The topological polar surface area (TPSA) is 143 Å². The molecule has 2 aliphatic heterocycles. The Hall–Kier alpha value is -2.11. The molecule has 0 aromatic heterocycles. The predicted molar refractivity (Wildman–Crippen MR) is 141 cm³/mol. The van der Waals surface area contributed by atoms with E-state index in [4.69, 9.17) is 23.1 Å². The minimum Gasteiger partial charge on any atom is -0.383 e. The molecule has 12 heteroatoms. The number of nitrogens with one attached hydrogen (secondary N) is 2. The summed E-state index contributed by atoms with van der Waals surface area (Å²) in [7, 11) is -4.10. The Morgan fingerprint density at radius 1 is 1.33 bits per heavy atom. The first-order valence-electron chi connectivity index (χ1n) is 12.4. The van der Waals surface area contributed by atoms with Crippen LogP contribution < -0.4 is 21.5 Å². The lowest BCUT2D eigenvalue weighted by atomic mass is 9.82. The highest BCUT2D eigenvalue weighted by atomic mass is 35.5. The first-order valence-corrected chi connectivity index (χ1v) is 14.3. The molecule has 2 aliphatic rings. The molecule has 0 aliphatic carbocycles. The second-order valence-electron chi connectivity index (χ2n) is 10.5. The number of nitrogens with zero attached hydrogens (tertiary/aromatic N) is 2. The van der Waals surface area contributed by atoms with Crippen LogP contribution in [0.25, 0.3) is 0 Å². The van der Waals surface area contributed by atoms with Gasteiger partial charge in [-0.1, -0.05) is 25.4 Å². The molecule has 3 rings (SSSR count). The molecule has 1 aromatic carbocycles. The van der Waals surface area contributed by atoms with Crippen LogP contribution in [-0.2, 0) is 21.2 Å². The lowest BCUT2D eigenvalue weighted by Crippen LogP contribution is -2.51. The summed E-state index contributed by atoms with van der Waals surface area (Å²) in [5.41, 5.74) is 12.1. The molecule has 1 aromatic rings. The highest BCUT2D eigenvalue weighted by Crippen LogP contribution is 2.38. The average molecular weight is 545 g/mol. The molecule has 1 amide bonds. The maximum absolute atomic E-state index is 13.6. The molecule has 1 fully saturated rings. The number of sulfonamides is 1. The van der Waals surface area contributed by atoms with E-state index in [2.05, 4.69) is 28.9 Å². The van der Waals surface area contributed by atoms with Crippen LogP contribution >= 0.6 is 11.6 Å². The molecule has 1 atom stereocenters. The summed E-state index contributed by atoms with van der Waals surface area (Å²) in [6, 6.07) is 2.21. The van der Waals surface area contributed by atoms with E-state index < -0.39 is 16.1 Å². The van der Waals surface area contributed by atoms with Crippen LogP contribution in [0.1, 0.15) is 51.5 Å². The first-order chi connectivity index (χ1) is 16.9. The Kier molecular flexibility index (Phi) is 9.45. The predicted octanol–water partition coefficient (Wildman–Crippen LogP) is 2.63. The number of fused-ring (bicyclic) bond motifs is 1. The van der Waals surface area contributed by atoms with Crippen LogP contribution in [0, 0.1) is 11.3 Å². The fourth-order valence-electron chi connectivity index (χ4n) is 4.90. The van der Waals surface area contributed by atoms with Gasteiger partial charge in [0, 0.05) is 31.2 Å². The third kappa shape index (κ3) is 7.45.